The highest BCUT2D eigenvalue weighted by atomic mass is 19.1. The molecule has 0 spiro atoms. The average Bonchev–Trinajstić information content (AvgIpc) is 2.91. The molecule has 0 bridgehead atoms. The Morgan fingerprint density at radius 3 is 3.00 bits per heavy atom. The zero-order valence-corrected chi connectivity index (χ0v) is 12.2. The fraction of sp³-hybridized carbons (Fsp3) is 0.308. The SMILES string of the molecule is CN(Cc1nnc2n1CCNC2=O)c1ccc(F)cc1[N+](=O)[O-]. The monoisotopic (exact) mass is 320 g/mol. The first-order chi connectivity index (χ1) is 11.0. The van der Waals surface area contributed by atoms with E-state index in [1.807, 2.05) is 0 Å². The molecule has 0 unspecified atom stereocenters. The van der Waals surface area contributed by atoms with Crippen molar-refractivity contribution in [2.24, 2.45) is 0 Å². The lowest BCUT2D eigenvalue weighted by Gasteiger charge is -2.21. The number of carbonyl (C=O) groups excluding carboxylic acids is 1. The quantitative estimate of drug-likeness (QED) is 0.657. The molecular formula is C13H13FN6O3. The molecule has 1 amide bonds. The summed E-state index contributed by atoms with van der Waals surface area (Å²) in [5.74, 6) is -0.250. The minimum atomic E-state index is -0.676. The van der Waals surface area contributed by atoms with Crippen LogP contribution in [-0.2, 0) is 13.1 Å². The normalized spacial score (nSPS) is 13.4. The van der Waals surface area contributed by atoms with Gasteiger partial charge in [-0.25, -0.2) is 4.39 Å². The van der Waals surface area contributed by atoms with Gasteiger partial charge in [0.2, 0.25) is 5.82 Å². The van der Waals surface area contributed by atoms with Crippen molar-refractivity contribution < 1.29 is 14.1 Å². The number of nitro groups is 1. The molecule has 1 aromatic heterocycles. The number of amides is 1. The first kappa shape index (κ1) is 14.9. The third-order valence-corrected chi connectivity index (χ3v) is 3.58. The number of carbonyl (C=O) groups is 1. The van der Waals surface area contributed by atoms with Crippen LogP contribution in [0.2, 0.25) is 0 Å². The minimum Gasteiger partial charge on any atom is -0.361 e. The van der Waals surface area contributed by atoms with E-state index < -0.39 is 10.7 Å². The summed E-state index contributed by atoms with van der Waals surface area (Å²) in [6.45, 7) is 1.20. The second-order valence-corrected chi connectivity index (χ2v) is 5.09. The number of hydrogen-bond acceptors (Lipinski definition) is 6. The van der Waals surface area contributed by atoms with Gasteiger partial charge in [-0.3, -0.25) is 14.9 Å². The molecule has 2 aromatic rings. The highest BCUT2D eigenvalue weighted by Gasteiger charge is 2.24. The zero-order chi connectivity index (χ0) is 16.6. The number of nitrogens with zero attached hydrogens (tertiary/aromatic N) is 5. The van der Waals surface area contributed by atoms with Crippen LogP contribution in [0, 0.1) is 15.9 Å². The van der Waals surface area contributed by atoms with E-state index in [9.17, 15) is 19.3 Å². The summed E-state index contributed by atoms with van der Waals surface area (Å²) in [5.41, 5.74) is -0.0716. The molecule has 0 radical (unpaired) electrons. The Bertz CT molecular complexity index is 790. The molecule has 23 heavy (non-hydrogen) atoms. The van der Waals surface area contributed by atoms with Crippen LogP contribution in [0.15, 0.2) is 18.2 Å². The van der Waals surface area contributed by atoms with Gasteiger partial charge in [-0.15, -0.1) is 10.2 Å². The van der Waals surface area contributed by atoms with Crippen molar-refractivity contribution in [3.8, 4) is 0 Å². The van der Waals surface area contributed by atoms with Gasteiger partial charge < -0.3 is 14.8 Å². The van der Waals surface area contributed by atoms with Crippen LogP contribution in [0.3, 0.4) is 0 Å². The Kier molecular flexibility index (Phi) is 3.64. The predicted octanol–water partition coefficient (Wildman–Crippen LogP) is 0.705. The Labute approximate surface area is 129 Å². The van der Waals surface area contributed by atoms with E-state index in [0.717, 1.165) is 12.1 Å². The van der Waals surface area contributed by atoms with E-state index in [-0.39, 0.29) is 29.7 Å². The van der Waals surface area contributed by atoms with Gasteiger partial charge >= 0.3 is 0 Å². The van der Waals surface area contributed by atoms with Gasteiger partial charge in [-0.2, -0.15) is 0 Å². The molecule has 1 aromatic carbocycles. The number of rotatable bonds is 4. The van der Waals surface area contributed by atoms with Gasteiger partial charge in [0.15, 0.2) is 5.82 Å². The molecule has 0 fully saturated rings. The smallest absolute Gasteiger partial charge is 0.295 e. The molecule has 0 aliphatic carbocycles. The summed E-state index contributed by atoms with van der Waals surface area (Å²) in [5, 5.41) is 21.6. The number of nitrogens with one attached hydrogen (secondary N) is 1. The molecule has 0 saturated carbocycles. The molecule has 1 aliphatic rings. The van der Waals surface area contributed by atoms with E-state index in [1.54, 1.807) is 16.5 Å². The van der Waals surface area contributed by atoms with Gasteiger partial charge in [0.1, 0.15) is 11.5 Å². The number of anilines is 1. The van der Waals surface area contributed by atoms with Gasteiger partial charge in [-0.1, -0.05) is 0 Å². The lowest BCUT2D eigenvalue weighted by atomic mass is 10.2. The summed E-state index contributed by atoms with van der Waals surface area (Å²) in [6, 6.07) is 3.37. The topological polar surface area (TPSA) is 106 Å². The lowest BCUT2D eigenvalue weighted by Crippen LogP contribution is -2.36. The average molecular weight is 320 g/mol. The number of nitro benzene ring substituents is 1. The van der Waals surface area contributed by atoms with Crippen LogP contribution in [0.4, 0.5) is 15.8 Å². The predicted molar refractivity (Wildman–Crippen MR) is 77.5 cm³/mol. The second-order valence-electron chi connectivity index (χ2n) is 5.09. The van der Waals surface area contributed by atoms with Gasteiger partial charge in [-0.05, 0) is 12.1 Å². The van der Waals surface area contributed by atoms with Gasteiger partial charge in [0.05, 0.1) is 17.5 Å². The molecule has 1 aliphatic heterocycles. The number of benzene rings is 1. The summed E-state index contributed by atoms with van der Waals surface area (Å²) in [6.07, 6.45) is 0. The van der Waals surface area contributed by atoms with Crippen molar-refractivity contribution in [3.05, 3.63) is 45.8 Å². The van der Waals surface area contributed by atoms with Crippen molar-refractivity contribution in [1.82, 2.24) is 20.1 Å². The van der Waals surface area contributed by atoms with Crippen molar-refractivity contribution in [3.63, 3.8) is 0 Å². The van der Waals surface area contributed by atoms with E-state index in [0.29, 0.717) is 18.9 Å². The highest BCUT2D eigenvalue weighted by molar-refractivity contribution is 5.91. The summed E-state index contributed by atoms with van der Waals surface area (Å²) in [7, 11) is 1.63. The van der Waals surface area contributed by atoms with Gasteiger partial charge in [0.25, 0.3) is 11.6 Å². The van der Waals surface area contributed by atoms with Crippen molar-refractivity contribution in [1.29, 1.82) is 0 Å². The van der Waals surface area contributed by atoms with E-state index >= 15 is 0 Å². The Morgan fingerprint density at radius 1 is 1.48 bits per heavy atom. The Hall–Kier alpha value is -3.04. The van der Waals surface area contributed by atoms with Crippen LogP contribution in [0.25, 0.3) is 0 Å². The Balaban J connectivity index is 1.90. The van der Waals surface area contributed by atoms with E-state index in [2.05, 4.69) is 15.5 Å². The maximum atomic E-state index is 13.2. The molecule has 0 atom stereocenters. The number of halogens is 1. The van der Waals surface area contributed by atoms with Gasteiger partial charge in [0, 0.05) is 20.1 Å². The van der Waals surface area contributed by atoms with Crippen molar-refractivity contribution in [2.45, 2.75) is 13.1 Å². The maximum absolute atomic E-state index is 13.2. The van der Waals surface area contributed by atoms with Crippen LogP contribution in [0.5, 0.6) is 0 Å². The minimum absolute atomic E-state index is 0.201. The standard InChI is InChI=1S/C13H13FN6O3/c1-18(9-3-2-8(14)6-10(9)20(22)23)7-11-16-17-12-13(21)15-4-5-19(11)12/h2-3,6H,4-5,7H2,1H3,(H,15,21). The molecule has 9 nitrogen and oxygen atoms in total. The molecule has 0 saturated heterocycles. The van der Waals surface area contributed by atoms with Crippen LogP contribution < -0.4 is 10.2 Å². The molecule has 120 valence electrons. The van der Waals surface area contributed by atoms with E-state index in [1.165, 1.54) is 6.07 Å². The summed E-state index contributed by atoms with van der Waals surface area (Å²) < 4.78 is 14.9. The molecule has 2 heterocycles. The van der Waals surface area contributed by atoms with Crippen molar-refractivity contribution in [2.75, 3.05) is 18.5 Å². The van der Waals surface area contributed by atoms with Crippen LogP contribution in [0.1, 0.15) is 16.4 Å². The van der Waals surface area contributed by atoms with Crippen LogP contribution in [-0.4, -0.2) is 39.2 Å². The number of aromatic nitrogens is 3. The third-order valence-electron chi connectivity index (χ3n) is 3.58. The maximum Gasteiger partial charge on any atom is 0.295 e. The molecule has 3 rings (SSSR count). The highest BCUT2D eigenvalue weighted by Crippen LogP contribution is 2.29. The fourth-order valence-corrected chi connectivity index (χ4v) is 2.48. The number of fused-ring (bicyclic) bond motifs is 1. The third kappa shape index (κ3) is 2.70. The second kappa shape index (κ2) is 5.63. The fourth-order valence-electron chi connectivity index (χ4n) is 2.48. The molecule has 10 heteroatoms. The first-order valence-electron chi connectivity index (χ1n) is 6.82. The zero-order valence-electron chi connectivity index (χ0n) is 12.2. The molecular weight excluding hydrogens is 307 g/mol. The van der Waals surface area contributed by atoms with Crippen LogP contribution >= 0.6 is 0 Å². The van der Waals surface area contributed by atoms with Crippen molar-refractivity contribution >= 4 is 17.3 Å². The lowest BCUT2D eigenvalue weighted by molar-refractivity contribution is -0.384. The van der Waals surface area contributed by atoms with E-state index in [4.69, 9.17) is 0 Å². The molecule has 1 N–H and O–H groups in total. The summed E-state index contributed by atoms with van der Waals surface area (Å²) in [4.78, 5) is 23.7. The largest absolute Gasteiger partial charge is 0.361 e. The summed E-state index contributed by atoms with van der Waals surface area (Å²) >= 11 is 0. The first-order valence-corrected chi connectivity index (χ1v) is 6.82. The Morgan fingerprint density at radius 2 is 2.26 bits per heavy atom. The number of hydrogen-bond donors (Lipinski definition) is 1.